The van der Waals surface area contributed by atoms with E-state index in [1.807, 2.05) is 53.2 Å². The van der Waals surface area contributed by atoms with E-state index in [-0.39, 0.29) is 5.04 Å². The van der Waals surface area contributed by atoms with E-state index < -0.39 is 8.32 Å². The Bertz CT molecular complexity index is 1840. The Morgan fingerprint density at radius 3 is 2.72 bits per heavy atom. The summed E-state index contributed by atoms with van der Waals surface area (Å²) < 4.78 is 14.5. The summed E-state index contributed by atoms with van der Waals surface area (Å²) in [6.07, 6.45) is 7.63. The van der Waals surface area contributed by atoms with E-state index in [4.69, 9.17) is 25.9 Å². The van der Waals surface area contributed by atoms with E-state index >= 15 is 0 Å². The van der Waals surface area contributed by atoms with Crippen molar-refractivity contribution in [3.63, 3.8) is 0 Å². The number of aromatic nitrogens is 4. The lowest BCUT2D eigenvalue weighted by Gasteiger charge is -2.42. The standard InChI is InChI=1S/C32H33ClN6O2SSi/c1-32(18-34-19-32)43(2,3)41-14-13-39-16-24-26(38-39)11-10-23-28-30(35-20-36-31(28)42-29(23)24)37-22-9-12-27(25(33)15-22)40-17-21-7-5-4-6-8-21/h4-9,12,15-16,18,20H,10-11,13-14,17,19H2,1-3H3,(H,35,36,37). The first-order chi connectivity index (χ1) is 20.8. The monoisotopic (exact) mass is 628 g/mol. The average molecular weight is 629 g/mol. The molecule has 7 rings (SSSR count). The fraction of sp³-hybridized carbons (Fsp3) is 0.312. The molecule has 5 aromatic rings. The number of hydrogen-bond donors (Lipinski definition) is 1. The number of halogens is 1. The molecule has 0 bridgehead atoms. The molecular weight excluding hydrogens is 596 g/mol. The summed E-state index contributed by atoms with van der Waals surface area (Å²) in [5, 5.41) is 10.2. The Kier molecular flexibility index (Phi) is 7.33. The summed E-state index contributed by atoms with van der Waals surface area (Å²) in [6.45, 7) is 9.55. The maximum absolute atomic E-state index is 6.61. The number of hydrogen-bond acceptors (Lipinski definition) is 8. The van der Waals surface area contributed by atoms with Crippen LogP contribution in [0.25, 0.3) is 20.7 Å². The molecule has 1 unspecified atom stereocenters. The van der Waals surface area contributed by atoms with Crippen LogP contribution in [0.2, 0.25) is 23.2 Å². The lowest BCUT2D eigenvalue weighted by Crippen LogP contribution is -2.50. The second-order valence-electron chi connectivity index (χ2n) is 11.9. The van der Waals surface area contributed by atoms with Crippen molar-refractivity contribution in [1.82, 2.24) is 19.7 Å². The summed E-state index contributed by atoms with van der Waals surface area (Å²) in [5.74, 6) is 1.42. The van der Waals surface area contributed by atoms with Crippen molar-refractivity contribution in [3.8, 4) is 16.2 Å². The van der Waals surface area contributed by atoms with E-state index in [2.05, 4.69) is 52.7 Å². The van der Waals surface area contributed by atoms with Gasteiger partial charge in [0.15, 0.2) is 8.32 Å². The van der Waals surface area contributed by atoms with Crippen molar-refractivity contribution in [1.29, 1.82) is 0 Å². The zero-order valence-corrected chi connectivity index (χ0v) is 27.0. The number of thiophene rings is 1. The van der Waals surface area contributed by atoms with E-state index in [1.165, 1.54) is 16.0 Å². The first-order valence-corrected chi connectivity index (χ1v) is 18.6. The van der Waals surface area contributed by atoms with Crippen LogP contribution in [-0.2, 0) is 30.4 Å². The lowest BCUT2D eigenvalue weighted by molar-refractivity contribution is 0.269. The molecule has 0 saturated heterocycles. The summed E-state index contributed by atoms with van der Waals surface area (Å²) >= 11 is 8.31. The molecule has 1 N–H and O–H groups in total. The lowest BCUT2D eigenvalue weighted by atomic mass is 9.95. The normalized spacial score (nSPS) is 17.4. The molecule has 1 aliphatic heterocycles. The fourth-order valence-corrected chi connectivity index (χ4v) is 8.84. The van der Waals surface area contributed by atoms with Gasteiger partial charge in [0.05, 0.1) is 29.3 Å². The summed E-state index contributed by atoms with van der Waals surface area (Å²) in [4.78, 5) is 15.8. The minimum Gasteiger partial charge on any atom is -0.487 e. The molecule has 0 spiro atoms. The van der Waals surface area contributed by atoms with E-state index in [0.29, 0.717) is 24.0 Å². The highest BCUT2D eigenvalue weighted by molar-refractivity contribution is 7.22. The molecule has 2 aromatic carbocycles. The minimum atomic E-state index is -1.88. The molecule has 3 aromatic heterocycles. The maximum Gasteiger partial charge on any atom is 0.199 e. The third-order valence-corrected chi connectivity index (χ3v) is 14.1. The first-order valence-electron chi connectivity index (χ1n) is 14.5. The Morgan fingerprint density at radius 1 is 1.12 bits per heavy atom. The van der Waals surface area contributed by atoms with Crippen LogP contribution in [-0.4, -0.2) is 47.4 Å². The topological polar surface area (TPSA) is 86.5 Å². The molecular formula is C32H33ClN6O2SSi. The molecule has 0 fully saturated rings. The number of aryl methyl sites for hydroxylation is 2. The largest absolute Gasteiger partial charge is 0.487 e. The number of benzene rings is 2. The van der Waals surface area contributed by atoms with Crippen LogP contribution in [0, 0.1) is 0 Å². The van der Waals surface area contributed by atoms with Gasteiger partial charge >= 0.3 is 0 Å². The molecule has 1 atom stereocenters. The molecule has 2 aliphatic rings. The number of rotatable bonds is 10. The Balaban J connectivity index is 1.08. The van der Waals surface area contributed by atoms with Gasteiger partial charge in [-0.05, 0) is 55.3 Å². The van der Waals surface area contributed by atoms with Gasteiger partial charge in [-0.1, -0.05) is 48.9 Å². The third kappa shape index (κ3) is 5.37. The average Bonchev–Trinajstić information content (AvgIpc) is 3.57. The Labute approximate surface area is 260 Å². The van der Waals surface area contributed by atoms with Crippen LogP contribution in [0.4, 0.5) is 11.5 Å². The smallest absolute Gasteiger partial charge is 0.199 e. The quantitative estimate of drug-likeness (QED) is 0.160. The summed E-state index contributed by atoms with van der Waals surface area (Å²) in [6, 6.07) is 15.8. The van der Waals surface area contributed by atoms with Gasteiger partial charge in [0.2, 0.25) is 0 Å². The van der Waals surface area contributed by atoms with Crippen molar-refractivity contribution < 1.29 is 9.16 Å². The van der Waals surface area contributed by atoms with Crippen molar-refractivity contribution in [3.05, 3.63) is 82.9 Å². The van der Waals surface area contributed by atoms with E-state index in [9.17, 15) is 0 Å². The third-order valence-electron chi connectivity index (χ3n) is 8.67. The molecule has 11 heteroatoms. The van der Waals surface area contributed by atoms with Crippen molar-refractivity contribution in [2.24, 2.45) is 4.99 Å². The van der Waals surface area contributed by atoms with Gasteiger partial charge in [-0.3, -0.25) is 9.67 Å². The van der Waals surface area contributed by atoms with Crippen LogP contribution in [0.1, 0.15) is 23.7 Å². The molecule has 8 nitrogen and oxygen atoms in total. The second-order valence-corrected chi connectivity index (χ2v) is 17.7. The van der Waals surface area contributed by atoms with Gasteiger partial charge in [0, 0.05) is 40.1 Å². The Morgan fingerprint density at radius 2 is 1.95 bits per heavy atom. The van der Waals surface area contributed by atoms with E-state index in [0.717, 1.165) is 58.9 Å². The number of aliphatic imine (C=N–C) groups is 1. The predicted molar refractivity (Wildman–Crippen MR) is 177 cm³/mol. The summed E-state index contributed by atoms with van der Waals surface area (Å²) in [5.41, 5.74) is 5.52. The second kappa shape index (κ2) is 11.2. The minimum absolute atomic E-state index is 0.124. The first kappa shape index (κ1) is 28.2. The van der Waals surface area contributed by atoms with Crippen LogP contribution >= 0.6 is 22.9 Å². The summed E-state index contributed by atoms with van der Waals surface area (Å²) in [7, 11) is -1.88. The maximum atomic E-state index is 6.61. The van der Waals surface area contributed by atoms with Crippen LogP contribution < -0.4 is 10.1 Å². The van der Waals surface area contributed by atoms with Gasteiger partial charge in [-0.25, -0.2) is 9.97 Å². The molecule has 43 heavy (non-hydrogen) atoms. The molecule has 0 amide bonds. The van der Waals surface area contributed by atoms with Gasteiger partial charge in [-0.2, -0.15) is 5.10 Å². The van der Waals surface area contributed by atoms with Crippen molar-refractivity contribution >= 4 is 59.2 Å². The number of nitrogens with one attached hydrogen (secondary N) is 1. The van der Waals surface area contributed by atoms with Gasteiger partial charge < -0.3 is 14.5 Å². The van der Waals surface area contributed by atoms with Crippen LogP contribution in [0.3, 0.4) is 0 Å². The van der Waals surface area contributed by atoms with Gasteiger partial charge in [-0.15, -0.1) is 11.3 Å². The highest BCUT2D eigenvalue weighted by Gasteiger charge is 2.47. The zero-order valence-electron chi connectivity index (χ0n) is 24.4. The van der Waals surface area contributed by atoms with E-state index in [1.54, 1.807) is 17.7 Å². The van der Waals surface area contributed by atoms with Gasteiger partial charge in [0.1, 0.15) is 29.3 Å². The van der Waals surface area contributed by atoms with Crippen molar-refractivity contribution in [2.45, 2.75) is 51.0 Å². The highest BCUT2D eigenvalue weighted by atomic mass is 35.5. The zero-order chi connectivity index (χ0) is 29.6. The number of nitrogens with zero attached hydrogens (tertiary/aromatic N) is 5. The fourth-order valence-electron chi connectivity index (χ4n) is 5.57. The molecule has 0 radical (unpaired) electrons. The number of anilines is 2. The van der Waals surface area contributed by atoms with Gasteiger partial charge in [0.25, 0.3) is 0 Å². The van der Waals surface area contributed by atoms with Crippen LogP contribution in [0.5, 0.6) is 5.75 Å². The Hall–Kier alpha value is -3.57. The molecule has 1 aliphatic carbocycles. The molecule has 220 valence electrons. The predicted octanol–water partition coefficient (Wildman–Crippen LogP) is 7.70. The number of ether oxygens (including phenoxy) is 1. The molecule has 4 heterocycles. The number of fused-ring (bicyclic) bond motifs is 5. The SMILES string of the molecule is CC1([Si](C)(C)OCCn2cc3c(n2)CCc2c-3sc3ncnc(Nc4ccc(OCc5ccccc5)c(Cl)c4)c23)C=NC1. The highest BCUT2D eigenvalue weighted by Crippen LogP contribution is 2.45. The van der Waals surface area contributed by atoms with Crippen molar-refractivity contribution in [2.75, 3.05) is 18.5 Å². The van der Waals surface area contributed by atoms with Crippen LogP contribution in [0.15, 0.2) is 66.0 Å². The molecule has 0 saturated carbocycles.